The standard InChI is InChI=1S/C13H10N2O2S/c16-11-13(15-12(17)14-11,10-6-7-18-8-10)9-4-2-1-3-5-9/h1-8H,(H2,14,15,16,17)/t13-/m0/s1. The van der Waals surface area contributed by atoms with Crippen LogP contribution in [0.15, 0.2) is 47.2 Å². The van der Waals surface area contributed by atoms with E-state index in [2.05, 4.69) is 10.6 Å². The Morgan fingerprint density at radius 3 is 2.33 bits per heavy atom. The number of benzene rings is 1. The van der Waals surface area contributed by atoms with Gasteiger partial charge in [0.15, 0.2) is 5.54 Å². The maximum Gasteiger partial charge on any atom is 0.322 e. The van der Waals surface area contributed by atoms with Gasteiger partial charge < -0.3 is 5.32 Å². The first kappa shape index (κ1) is 11.0. The lowest BCUT2D eigenvalue weighted by Crippen LogP contribution is -2.44. The summed E-state index contributed by atoms with van der Waals surface area (Å²) in [5.41, 5.74) is 0.437. The summed E-state index contributed by atoms with van der Waals surface area (Å²) >= 11 is 1.49. The predicted octanol–water partition coefficient (Wildman–Crippen LogP) is 1.83. The minimum atomic E-state index is -1.10. The van der Waals surface area contributed by atoms with E-state index in [0.29, 0.717) is 0 Å². The molecule has 0 bridgehead atoms. The van der Waals surface area contributed by atoms with Gasteiger partial charge in [-0.05, 0) is 22.4 Å². The molecule has 1 fully saturated rings. The van der Waals surface area contributed by atoms with Gasteiger partial charge in [-0.2, -0.15) is 11.3 Å². The van der Waals surface area contributed by atoms with Crippen molar-refractivity contribution in [3.8, 4) is 0 Å². The topological polar surface area (TPSA) is 58.2 Å². The van der Waals surface area contributed by atoms with Crippen molar-refractivity contribution in [1.82, 2.24) is 10.6 Å². The van der Waals surface area contributed by atoms with E-state index in [4.69, 9.17) is 0 Å². The Morgan fingerprint density at radius 1 is 1.00 bits per heavy atom. The van der Waals surface area contributed by atoms with Crippen LogP contribution < -0.4 is 10.6 Å². The quantitative estimate of drug-likeness (QED) is 0.807. The fourth-order valence-corrected chi connectivity index (χ4v) is 2.90. The van der Waals surface area contributed by atoms with E-state index in [1.165, 1.54) is 11.3 Å². The highest BCUT2D eigenvalue weighted by Crippen LogP contribution is 2.33. The molecule has 2 heterocycles. The van der Waals surface area contributed by atoms with E-state index >= 15 is 0 Å². The maximum atomic E-state index is 12.2. The highest BCUT2D eigenvalue weighted by Gasteiger charge is 2.49. The van der Waals surface area contributed by atoms with Crippen LogP contribution in [0.3, 0.4) is 0 Å². The van der Waals surface area contributed by atoms with Crippen LogP contribution in [0, 0.1) is 0 Å². The number of rotatable bonds is 2. The van der Waals surface area contributed by atoms with Gasteiger partial charge in [0.05, 0.1) is 0 Å². The molecule has 0 aliphatic carbocycles. The van der Waals surface area contributed by atoms with Gasteiger partial charge in [-0.25, -0.2) is 4.79 Å². The summed E-state index contributed by atoms with van der Waals surface area (Å²) in [6.45, 7) is 0. The molecular weight excluding hydrogens is 248 g/mol. The Kier molecular flexibility index (Phi) is 2.41. The van der Waals surface area contributed by atoms with Crippen LogP contribution >= 0.6 is 11.3 Å². The Hall–Kier alpha value is -2.14. The summed E-state index contributed by atoms with van der Waals surface area (Å²) < 4.78 is 0. The number of imide groups is 1. The lowest BCUT2D eigenvalue weighted by molar-refractivity contribution is -0.122. The van der Waals surface area contributed by atoms with Crippen LogP contribution in [0.1, 0.15) is 11.1 Å². The van der Waals surface area contributed by atoms with Crippen LogP contribution in [0.2, 0.25) is 0 Å². The molecule has 90 valence electrons. The Bertz CT molecular complexity index is 595. The van der Waals surface area contributed by atoms with Crippen molar-refractivity contribution < 1.29 is 9.59 Å². The van der Waals surface area contributed by atoms with Crippen LogP contribution in [0.5, 0.6) is 0 Å². The number of thiophene rings is 1. The van der Waals surface area contributed by atoms with Crippen molar-refractivity contribution >= 4 is 23.3 Å². The third-order valence-corrected chi connectivity index (χ3v) is 3.71. The second-order valence-electron chi connectivity index (χ2n) is 4.04. The zero-order chi connectivity index (χ0) is 12.6. The van der Waals surface area contributed by atoms with Gasteiger partial charge in [-0.1, -0.05) is 30.3 Å². The molecule has 2 N–H and O–H groups in total. The first-order chi connectivity index (χ1) is 8.73. The Labute approximate surface area is 108 Å². The number of amides is 3. The smallest absolute Gasteiger partial charge is 0.316 e. The van der Waals surface area contributed by atoms with E-state index in [9.17, 15) is 9.59 Å². The molecule has 1 aliphatic rings. The lowest BCUT2D eigenvalue weighted by atomic mass is 9.84. The normalized spacial score (nSPS) is 22.7. The summed E-state index contributed by atoms with van der Waals surface area (Å²) in [7, 11) is 0. The van der Waals surface area contributed by atoms with Crippen molar-refractivity contribution in [3.63, 3.8) is 0 Å². The Morgan fingerprint density at radius 2 is 1.78 bits per heavy atom. The molecular formula is C13H10N2O2S. The van der Waals surface area contributed by atoms with Gasteiger partial charge in [0.2, 0.25) is 0 Å². The summed E-state index contributed by atoms with van der Waals surface area (Å²) in [6.07, 6.45) is 0. The molecule has 1 aliphatic heterocycles. The van der Waals surface area contributed by atoms with Crippen LogP contribution in [-0.2, 0) is 10.3 Å². The average molecular weight is 258 g/mol. The number of carbonyl (C=O) groups is 2. The van der Waals surface area contributed by atoms with Gasteiger partial charge in [-0.15, -0.1) is 0 Å². The minimum Gasteiger partial charge on any atom is -0.316 e. The number of hydrogen-bond acceptors (Lipinski definition) is 3. The van der Waals surface area contributed by atoms with Crippen molar-refractivity contribution in [3.05, 3.63) is 58.3 Å². The molecule has 5 heteroatoms. The van der Waals surface area contributed by atoms with E-state index in [1.807, 2.05) is 47.2 Å². The molecule has 1 aromatic carbocycles. The van der Waals surface area contributed by atoms with E-state index in [0.717, 1.165) is 11.1 Å². The molecule has 0 radical (unpaired) electrons. The molecule has 1 atom stereocenters. The van der Waals surface area contributed by atoms with Gasteiger partial charge >= 0.3 is 6.03 Å². The van der Waals surface area contributed by atoms with Gasteiger partial charge in [0.1, 0.15) is 0 Å². The number of nitrogens with one attached hydrogen (secondary N) is 2. The van der Waals surface area contributed by atoms with Gasteiger partial charge in [-0.3, -0.25) is 10.1 Å². The largest absolute Gasteiger partial charge is 0.322 e. The first-order valence-electron chi connectivity index (χ1n) is 5.45. The predicted molar refractivity (Wildman–Crippen MR) is 68.2 cm³/mol. The Balaban J connectivity index is 2.22. The molecule has 18 heavy (non-hydrogen) atoms. The molecule has 0 unspecified atom stereocenters. The fourth-order valence-electron chi connectivity index (χ4n) is 2.19. The monoisotopic (exact) mass is 258 g/mol. The van der Waals surface area contributed by atoms with Crippen molar-refractivity contribution in [2.75, 3.05) is 0 Å². The SMILES string of the molecule is O=C1NC(=O)[C@](c2ccccc2)(c2ccsc2)N1. The van der Waals surface area contributed by atoms with Crippen molar-refractivity contribution in [2.45, 2.75) is 5.54 Å². The molecule has 1 aromatic heterocycles. The molecule has 0 saturated carbocycles. The highest BCUT2D eigenvalue weighted by molar-refractivity contribution is 7.08. The summed E-state index contributed by atoms with van der Waals surface area (Å²) in [5, 5.41) is 8.81. The number of urea groups is 1. The van der Waals surface area contributed by atoms with E-state index in [1.54, 1.807) is 0 Å². The summed E-state index contributed by atoms with van der Waals surface area (Å²) in [5.74, 6) is -0.336. The third kappa shape index (κ3) is 1.44. The fraction of sp³-hybridized carbons (Fsp3) is 0.0769. The van der Waals surface area contributed by atoms with E-state index in [-0.39, 0.29) is 5.91 Å². The van der Waals surface area contributed by atoms with Crippen LogP contribution in [0.4, 0.5) is 4.79 Å². The first-order valence-corrected chi connectivity index (χ1v) is 6.39. The maximum absolute atomic E-state index is 12.2. The third-order valence-electron chi connectivity index (χ3n) is 3.03. The molecule has 2 aromatic rings. The zero-order valence-corrected chi connectivity index (χ0v) is 10.2. The second-order valence-corrected chi connectivity index (χ2v) is 4.82. The second kappa shape index (κ2) is 3.96. The minimum absolute atomic E-state index is 0.336. The molecule has 0 spiro atoms. The summed E-state index contributed by atoms with van der Waals surface area (Å²) in [4.78, 5) is 23.7. The lowest BCUT2D eigenvalue weighted by Gasteiger charge is -2.25. The summed E-state index contributed by atoms with van der Waals surface area (Å²) in [6, 6.07) is 10.6. The van der Waals surface area contributed by atoms with Gasteiger partial charge in [0, 0.05) is 5.56 Å². The van der Waals surface area contributed by atoms with E-state index < -0.39 is 11.6 Å². The molecule has 3 rings (SSSR count). The highest BCUT2D eigenvalue weighted by atomic mass is 32.1. The molecule has 4 nitrogen and oxygen atoms in total. The molecule has 3 amide bonds. The van der Waals surface area contributed by atoms with Crippen LogP contribution in [-0.4, -0.2) is 11.9 Å². The van der Waals surface area contributed by atoms with Crippen molar-refractivity contribution in [2.24, 2.45) is 0 Å². The number of hydrogen-bond donors (Lipinski definition) is 2. The molecule has 1 saturated heterocycles. The number of carbonyl (C=O) groups excluding carboxylic acids is 2. The van der Waals surface area contributed by atoms with Crippen LogP contribution in [0.25, 0.3) is 0 Å². The average Bonchev–Trinajstić information content (AvgIpc) is 2.99. The van der Waals surface area contributed by atoms with Gasteiger partial charge in [0.25, 0.3) is 5.91 Å². The van der Waals surface area contributed by atoms with Crippen molar-refractivity contribution in [1.29, 1.82) is 0 Å². The zero-order valence-electron chi connectivity index (χ0n) is 9.34.